The Morgan fingerprint density at radius 2 is 2.19 bits per heavy atom. The van der Waals surface area contributed by atoms with E-state index < -0.39 is 0 Å². The Balaban J connectivity index is 2.83. The summed E-state index contributed by atoms with van der Waals surface area (Å²) in [5.74, 6) is 0.279. The van der Waals surface area contributed by atoms with E-state index in [1.807, 2.05) is 13.8 Å². The molecule has 1 atom stereocenters. The van der Waals surface area contributed by atoms with E-state index in [-0.39, 0.29) is 11.9 Å². The van der Waals surface area contributed by atoms with Gasteiger partial charge in [-0.2, -0.15) is 10.2 Å². The van der Waals surface area contributed by atoms with Crippen LogP contribution in [-0.2, 0) is 0 Å². The van der Waals surface area contributed by atoms with E-state index >= 15 is 0 Å². The highest BCUT2D eigenvalue weighted by Crippen LogP contribution is 2.06. The highest BCUT2D eigenvalue weighted by atomic mass is 35.5. The smallest absolute Gasteiger partial charge is 0.253 e. The molecule has 0 bridgehead atoms. The molecule has 88 valence electrons. The van der Waals surface area contributed by atoms with Crippen molar-refractivity contribution in [3.05, 3.63) is 23.0 Å². The Bertz CT molecular complexity index is 377. The number of nitrogens with zero attached hydrogens (tertiary/aromatic N) is 2. The van der Waals surface area contributed by atoms with Crippen LogP contribution in [0.2, 0.25) is 0 Å². The van der Waals surface area contributed by atoms with Gasteiger partial charge in [-0.25, -0.2) is 0 Å². The van der Waals surface area contributed by atoms with E-state index in [0.29, 0.717) is 17.1 Å². The van der Waals surface area contributed by atoms with Gasteiger partial charge in [-0.3, -0.25) is 4.79 Å². The molecule has 16 heavy (non-hydrogen) atoms. The zero-order valence-electron chi connectivity index (χ0n) is 9.75. The van der Waals surface area contributed by atoms with Crippen molar-refractivity contribution >= 4 is 17.5 Å². The first-order chi connectivity index (χ1) is 7.58. The second kappa shape index (κ2) is 5.80. The number of alkyl halides is 1. The summed E-state index contributed by atoms with van der Waals surface area (Å²) in [5.41, 5.74) is 1.93. The second-order valence-electron chi connectivity index (χ2n) is 3.72. The highest BCUT2D eigenvalue weighted by Gasteiger charge is 2.14. The molecule has 1 aromatic rings. The molecule has 0 aliphatic carbocycles. The van der Waals surface area contributed by atoms with Crippen LogP contribution in [0.5, 0.6) is 0 Å². The molecule has 0 saturated heterocycles. The lowest BCUT2D eigenvalue weighted by molar-refractivity contribution is 0.0938. The van der Waals surface area contributed by atoms with Gasteiger partial charge >= 0.3 is 0 Å². The molecular formula is C11H16ClN3O. The number of halogens is 1. The number of nitrogens with one attached hydrogen (secondary N) is 1. The molecule has 5 heteroatoms. The van der Waals surface area contributed by atoms with Crippen LogP contribution in [-0.4, -0.2) is 28.0 Å². The minimum absolute atomic E-state index is 0.00189. The van der Waals surface area contributed by atoms with E-state index in [9.17, 15) is 4.79 Å². The Kier molecular flexibility index (Phi) is 4.68. The Labute approximate surface area is 100 Å². The Hall–Kier alpha value is -1.16. The number of carbonyl (C=O) groups is 1. The van der Waals surface area contributed by atoms with Crippen molar-refractivity contribution in [2.75, 3.05) is 5.88 Å². The van der Waals surface area contributed by atoms with Crippen molar-refractivity contribution in [1.29, 1.82) is 0 Å². The molecule has 1 heterocycles. The summed E-state index contributed by atoms with van der Waals surface area (Å²) in [5, 5.41) is 10.7. The third-order valence-electron chi connectivity index (χ3n) is 2.36. The van der Waals surface area contributed by atoms with E-state index in [0.717, 1.165) is 12.1 Å². The molecule has 0 fully saturated rings. The lowest BCUT2D eigenvalue weighted by atomic mass is 10.1. The largest absolute Gasteiger partial charge is 0.348 e. The number of amides is 1. The average molecular weight is 242 g/mol. The van der Waals surface area contributed by atoms with Crippen LogP contribution in [0.25, 0.3) is 0 Å². The van der Waals surface area contributed by atoms with Crippen LogP contribution in [0.3, 0.4) is 0 Å². The fourth-order valence-corrected chi connectivity index (χ4v) is 1.59. The van der Waals surface area contributed by atoms with E-state index in [4.69, 9.17) is 11.6 Å². The first-order valence-corrected chi connectivity index (χ1v) is 5.79. The molecule has 0 aliphatic heterocycles. The van der Waals surface area contributed by atoms with Crippen molar-refractivity contribution in [3.8, 4) is 0 Å². The summed E-state index contributed by atoms with van der Waals surface area (Å²) in [7, 11) is 0. The zero-order chi connectivity index (χ0) is 12.1. The van der Waals surface area contributed by atoms with Gasteiger partial charge in [0.25, 0.3) is 5.91 Å². The van der Waals surface area contributed by atoms with Crippen molar-refractivity contribution in [2.24, 2.45) is 0 Å². The fraction of sp³-hybridized carbons (Fsp3) is 0.545. The normalized spacial score (nSPS) is 12.2. The molecule has 0 saturated carbocycles. The molecule has 0 aliphatic rings. The van der Waals surface area contributed by atoms with E-state index in [2.05, 4.69) is 15.5 Å². The van der Waals surface area contributed by atoms with Gasteiger partial charge in [0.15, 0.2) is 0 Å². The predicted octanol–water partition coefficient (Wildman–Crippen LogP) is 1.84. The number of aromatic nitrogens is 2. The monoisotopic (exact) mass is 241 g/mol. The minimum Gasteiger partial charge on any atom is -0.348 e. The Morgan fingerprint density at radius 1 is 1.50 bits per heavy atom. The number of rotatable bonds is 4. The van der Waals surface area contributed by atoms with E-state index in [1.54, 1.807) is 13.0 Å². The van der Waals surface area contributed by atoms with E-state index in [1.165, 1.54) is 0 Å². The first kappa shape index (κ1) is 12.9. The summed E-state index contributed by atoms with van der Waals surface area (Å²) in [6.07, 6.45) is 0.811. The standard InChI is InChI=1S/C11H16ClN3O/c1-4-9(6-12)13-11(16)10-5-7(2)14-15-8(10)3/h5,9H,4,6H2,1-3H3,(H,13,16). The van der Waals surface area contributed by atoms with Crippen molar-refractivity contribution < 1.29 is 4.79 Å². The van der Waals surface area contributed by atoms with Gasteiger partial charge in [0, 0.05) is 11.9 Å². The molecule has 1 aromatic heterocycles. The summed E-state index contributed by atoms with van der Waals surface area (Å²) >= 11 is 5.73. The van der Waals surface area contributed by atoms with Crippen LogP contribution < -0.4 is 5.32 Å². The van der Waals surface area contributed by atoms with Crippen LogP contribution >= 0.6 is 11.6 Å². The molecule has 0 spiro atoms. The SMILES string of the molecule is CCC(CCl)NC(=O)c1cc(C)nnc1C. The van der Waals surface area contributed by atoms with Gasteiger partial charge in [0.1, 0.15) is 0 Å². The second-order valence-corrected chi connectivity index (χ2v) is 4.03. The summed E-state index contributed by atoms with van der Waals surface area (Å²) in [6, 6.07) is 1.74. The predicted molar refractivity (Wildman–Crippen MR) is 63.8 cm³/mol. The number of carbonyl (C=O) groups excluding carboxylic acids is 1. The molecule has 1 rings (SSSR count). The van der Waals surface area contributed by atoms with Crippen LogP contribution in [0.1, 0.15) is 35.1 Å². The summed E-state index contributed by atoms with van der Waals surface area (Å²) in [4.78, 5) is 11.9. The summed E-state index contributed by atoms with van der Waals surface area (Å²) < 4.78 is 0. The van der Waals surface area contributed by atoms with Crippen LogP contribution in [0, 0.1) is 13.8 Å². The molecule has 0 aromatic carbocycles. The van der Waals surface area contributed by atoms with Gasteiger partial charge in [0.2, 0.25) is 0 Å². The molecular weight excluding hydrogens is 226 g/mol. The van der Waals surface area contributed by atoms with Crippen LogP contribution in [0.4, 0.5) is 0 Å². The molecule has 0 radical (unpaired) electrons. The molecule has 4 nitrogen and oxygen atoms in total. The van der Waals surface area contributed by atoms with Gasteiger partial charge < -0.3 is 5.32 Å². The van der Waals surface area contributed by atoms with Crippen molar-refractivity contribution in [2.45, 2.75) is 33.2 Å². The number of hydrogen-bond acceptors (Lipinski definition) is 3. The maximum atomic E-state index is 11.9. The van der Waals surface area contributed by atoms with Crippen molar-refractivity contribution in [1.82, 2.24) is 15.5 Å². The zero-order valence-corrected chi connectivity index (χ0v) is 10.5. The third-order valence-corrected chi connectivity index (χ3v) is 2.73. The highest BCUT2D eigenvalue weighted by molar-refractivity contribution is 6.18. The maximum absolute atomic E-state index is 11.9. The Morgan fingerprint density at radius 3 is 2.75 bits per heavy atom. The van der Waals surface area contributed by atoms with Gasteiger partial charge in [-0.1, -0.05) is 6.92 Å². The van der Waals surface area contributed by atoms with Gasteiger partial charge in [-0.05, 0) is 26.3 Å². The van der Waals surface area contributed by atoms with Crippen molar-refractivity contribution in [3.63, 3.8) is 0 Å². The lowest BCUT2D eigenvalue weighted by Crippen LogP contribution is -2.36. The maximum Gasteiger partial charge on any atom is 0.253 e. The molecule has 1 unspecified atom stereocenters. The topological polar surface area (TPSA) is 54.9 Å². The fourth-order valence-electron chi connectivity index (χ4n) is 1.29. The van der Waals surface area contributed by atoms with Gasteiger partial charge in [-0.15, -0.1) is 11.6 Å². The van der Waals surface area contributed by atoms with Gasteiger partial charge in [0.05, 0.1) is 17.0 Å². The molecule has 1 amide bonds. The molecule has 1 N–H and O–H groups in total. The summed E-state index contributed by atoms with van der Waals surface area (Å²) in [6.45, 7) is 5.56. The average Bonchev–Trinajstić information content (AvgIpc) is 2.28. The minimum atomic E-state index is -0.136. The first-order valence-electron chi connectivity index (χ1n) is 5.26. The lowest BCUT2D eigenvalue weighted by Gasteiger charge is -2.14. The number of hydrogen-bond donors (Lipinski definition) is 1. The number of aryl methyl sites for hydroxylation is 2. The third kappa shape index (κ3) is 3.17. The quantitative estimate of drug-likeness (QED) is 0.819. The van der Waals surface area contributed by atoms with Crippen LogP contribution in [0.15, 0.2) is 6.07 Å².